The van der Waals surface area contributed by atoms with Gasteiger partial charge in [0.2, 0.25) is 0 Å². The molecule has 5 heteroatoms. The number of amides is 1. The number of likely N-dealkylation sites (N-methyl/N-ethyl adjacent to an activating group) is 1. The standard InChI is InChI=1S/C10H18N4O/c1-7-9(8(2)13-12-7)10(15)11-5-6-14(3)4/h5-6H2,1-4H3,(H,11,15)(H,12,13). The van der Waals surface area contributed by atoms with Gasteiger partial charge in [0.05, 0.1) is 11.3 Å². The van der Waals surface area contributed by atoms with Crippen LogP contribution in [0, 0.1) is 13.8 Å². The van der Waals surface area contributed by atoms with Crippen molar-refractivity contribution in [3.05, 3.63) is 17.0 Å². The van der Waals surface area contributed by atoms with Crippen molar-refractivity contribution < 1.29 is 4.79 Å². The third-order valence-electron chi connectivity index (χ3n) is 2.20. The molecule has 0 bridgehead atoms. The Hall–Kier alpha value is -1.36. The summed E-state index contributed by atoms with van der Waals surface area (Å²) in [7, 11) is 3.95. The molecular weight excluding hydrogens is 192 g/mol. The predicted molar refractivity (Wildman–Crippen MR) is 58.9 cm³/mol. The Labute approximate surface area is 89.9 Å². The molecule has 2 N–H and O–H groups in total. The van der Waals surface area contributed by atoms with Gasteiger partial charge in [-0.2, -0.15) is 5.10 Å². The highest BCUT2D eigenvalue weighted by molar-refractivity contribution is 5.96. The van der Waals surface area contributed by atoms with Crippen LogP contribution in [0.4, 0.5) is 0 Å². The van der Waals surface area contributed by atoms with Crippen LogP contribution in [-0.4, -0.2) is 48.2 Å². The quantitative estimate of drug-likeness (QED) is 0.752. The molecule has 0 aliphatic carbocycles. The lowest BCUT2D eigenvalue weighted by atomic mass is 10.2. The van der Waals surface area contributed by atoms with Crippen molar-refractivity contribution in [1.29, 1.82) is 0 Å². The molecule has 1 aromatic rings. The minimum Gasteiger partial charge on any atom is -0.351 e. The van der Waals surface area contributed by atoms with Crippen LogP contribution in [0.15, 0.2) is 0 Å². The number of carbonyl (C=O) groups is 1. The molecule has 0 aromatic carbocycles. The summed E-state index contributed by atoms with van der Waals surface area (Å²) in [5.41, 5.74) is 2.22. The van der Waals surface area contributed by atoms with Crippen molar-refractivity contribution in [2.24, 2.45) is 0 Å². The molecule has 15 heavy (non-hydrogen) atoms. The summed E-state index contributed by atoms with van der Waals surface area (Å²) >= 11 is 0. The number of hydrogen-bond acceptors (Lipinski definition) is 3. The summed E-state index contributed by atoms with van der Waals surface area (Å²) in [6.07, 6.45) is 0. The summed E-state index contributed by atoms with van der Waals surface area (Å²) in [4.78, 5) is 13.8. The molecule has 1 heterocycles. The Morgan fingerprint density at radius 3 is 2.60 bits per heavy atom. The third kappa shape index (κ3) is 3.06. The van der Waals surface area contributed by atoms with Crippen molar-refractivity contribution in [1.82, 2.24) is 20.4 Å². The Morgan fingerprint density at radius 2 is 2.13 bits per heavy atom. The predicted octanol–water partition coefficient (Wildman–Crippen LogP) is 0.318. The second-order valence-electron chi connectivity index (χ2n) is 3.87. The molecule has 0 saturated heterocycles. The maximum absolute atomic E-state index is 11.7. The number of rotatable bonds is 4. The van der Waals surface area contributed by atoms with Crippen molar-refractivity contribution >= 4 is 5.91 Å². The molecular formula is C10H18N4O. The maximum atomic E-state index is 11.7. The number of aromatic amines is 1. The van der Waals surface area contributed by atoms with Crippen LogP contribution in [0.25, 0.3) is 0 Å². The Morgan fingerprint density at radius 1 is 1.47 bits per heavy atom. The number of nitrogens with one attached hydrogen (secondary N) is 2. The number of carbonyl (C=O) groups excluding carboxylic acids is 1. The van der Waals surface area contributed by atoms with E-state index in [-0.39, 0.29) is 5.91 Å². The van der Waals surface area contributed by atoms with Crippen LogP contribution < -0.4 is 5.32 Å². The highest BCUT2D eigenvalue weighted by Gasteiger charge is 2.14. The van der Waals surface area contributed by atoms with E-state index in [9.17, 15) is 4.79 Å². The number of aromatic nitrogens is 2. The summed E-state index contributed by atoms with van der Waals surface area (Å²) < 4.78 is 0. The summed E-state index contributed by atoms with van der Waals surface area (Å²) in [5.74, 6) is -0.0550. The Kier molecular flexibility index (Phi) is 3.85. The average Bonchev–Trinajstić information content (AvgIpc) is 2.45. The van der Waals surface area contributed by atoms with E-state index in [4.69, 9.17) is 0 Å². The van der Waals surface area contributed by atoms with Crippen molar-refractivity contribution in [3.8, 4) is 0 Å². The molecule has 1 amide bonds. The molecule has 0 aliphatic heterocycles. The Balaban J connectivity index is 2.54. The van der Waals surface area contributed by atoms with E-state index in [0.717, 1.165) is 17.9 Å². The molecule has 1 aromatic heterocycles. The van der Waals surface area contributed by atoms with Gasteiger partial charge in [0.1, 0.15) is 0 Å². The van der Waals surface area contributed by atoms with Gasteiger partial charge in [-0.3, -0.25) is 9.89 Å². The van der Waals surface area contributed by atoms with E-state index in [2.05, 4.69) is 15.5 Å². The molecule has 0 radical (unpaired) electrons. The van der Waals surface area contributed by atoms with Crippen LogP contribution in [0.1, 0.15) is 21.7 Å². The van der Waals surface area contributed by atoms with Crippen molar-refractivity contribution in [3.63, 3.8) is 0 Å². The molecule has 0 fully saturated rings. The smallest absolute Gasteiger partial charge is 0.255 e. The molecule has 84 valence electrons. The zero-order chi connectivity index (χ0) is 11.4. The lowest BCUT2D eigenvalue weighted by Crippen LogP contribution is -2.31. The second kappa shape index (κ2) is 4.93. The van der Waals surface area contributed by atoms with E-state index >= 15 is 0 Å². The average molecular weight is 210 g/mol. The van der Waals surface area contributed by atoms with E-state index in [0.29, 0.717) is 12.1 Å². The molecule has 1 rings (SSSR count). The van der Waals surface area contributed by atoms with Crippen molar-refractivity contribution in [2.75, 3.05) is 27.2 Å². The van der Waals surface area contributed by atoms with E-state index in [1.807, 2.05) is 32.8 Å². The first-order valence-corrected chi connectivity index (χ1v) is 4.97. The molecule has 5 nitrogen and oxygen atoms in total. The van der Waals surface area contributed by atoms with Crippen LogP contribution in [-0.2, 0) is 0 Å². The monoisotopic (exact) mass is 210 g/mol. The van der Waals surface area contributed by atoms with Gasteiger partial charge in [-0.05, 0) is 27.9 Å². The summed E-state index contributed by atoms with van der Waals surface area (Å²) in [6.45, 7) is 5.16. The van der Waals surface area contributed by atoms with Crippen molar-refractivity contribution in [2.45, 2.75) is 13.8 Å². The minimum absolute atomic E-state index is 0.0550. The summed E-state index contributed by atoms with van der Waals surface area (Å²) in [5, 5.41) is 9.64. The first-order valence-electron chi connectivity index (χ1n) is 4.97. The van der Waals surface area contributed by atoms with Gasteiger partial charge in [0.25, 0.3) is 5.91 Å². The topological polar surface area (TPSA) is 61.0 Å². The van der Waals surface area contributed by atoms with Gasteiger partial charge >= 0.3 is 0 Å². The van der Waals surface area contributed by atoms with Crippen LogP contribution in [0.5, 0.6) is 0 Å². The van der Waals surface area contributed by atoms with Gasteiger partial charge in [-0.1, -0.05) is 0 Å². The Bertz CT molecular complexity index is 324. The van der Waals surface area contributed by atoms with Gasteiger partial charge in [0, 0.05) is 18.8 Å². The van der Waals surface area contributed by atoms with Gasteiger partial charge in [0.15, 0.2) is 0 Å². The number of H-pyrrole nitrogens is 1. The molecule has 0 unspecified atom stereocenters. The first-order chi connectivity index (χ1) is 7.02. The number of nitrogens with zero attached hydrogens (tertiary/aromatic N) is 2. The molecule has 0 aliphatic rings. The number of hydrogen-bond donors (Lipinski definition) is 2. The van der Waals surface area contributed by atoms with E-state index in [1.54, 1.807) is 0 Å². The van der Waals surface area contributed by atoms with Crippen LogP contribution in [0.2, 0.25) is 0 Å². The maximum Gasteiger partial charge on any atom is 0.255 e. The highest BCUT2D eigenvalue weighted by Crippen LogP contribution is 2.08. The second-order valence-corrected chi connectivity index (χ2v) is 3.87. The molecule has 0 atom stereocenters. The normalized spacial score (nSPS) is 10.7. The van der Waals surface area contributed by atoms with Gasteiger partial charge in [-0.15, -0.1) is 0 Å². The lowest BCUT2D eigenvalue weighted by molar-refractivity contribution is 0.0950. The van der Waals surface area contributed by atoms with E-state index < -0.39 is 0 Å². The third-order valence-corrected chi connectivity index (χ3v) is 2.20. The highest BCUT2D eigenvalue weighted by atomic mass is 16.1. The summed E-state index contributed by atoms with van der Waals surface area (Å²) in [6, 6.07) is 0. The minimum atomic E-state index is -0.0550. The zero-order valence-corrected chi connectivity index (χ0v) is 9.72. The molecule has 0 spiro atoms. The molecule has 0 saturated carbocycles. The van der Waals surface area contributed by atoms with Gasteiger partial charge in [-0.25, -0.2) is 0 Å². The van der Waals surface area contributed by atoms with Gasteiger partial charge < -0.3 is 10.2 Å². The fourth-order valence-corrected chi connectivity index (χ4v) is 1.37. The van der Waals surface area contributed by atoms with E-state index in [1.165, 1.54) is 0 Å². The van der Waals surface area contributed by atoms with Crippen LogP contribution >= 0.6 is 0 Å². The fraction of sp³-hybridized carbons (Fsp3) is 0.600. The first kappa shape index (κ1) is 11.7. The fourth-order valence-electron chi connectivity index (χ4n) is 1.37. The zero-order valence-electron chi connectivity index (χ0n) is 9.72. The SMILES string of the molecule is Cc1n[nH]c(C)c1C(=O)NCCN(C)C. The number of aryl methyl sites for hydroxylation is 2. The van der Waals surface area contributed by atoms with Crippen LogP contribution in [0.3, 0.4) is 0 Å². The lowest BCUT2D eigenvalue weighted by Gasteiger charge is -2.10. The largest absolute Gasteiger partial charge is 0.351 e.